The van der Waals surface area contributed by atoms with Crippen molar-refractivity contribution in [3.63, 3.8) is 0 Å². The van der Waals surface area contributed by atoms with Crippen LogP contribution in [0.3, 0.4) is 0 Å². The number of carbonyl (C=O) groups excluding carboxylic acids is 1. The van der Waals surface area contributed by atoms with Crippen LogP contribution in [0.5, 0.6) is 0 Å². The van der Waals surface area contributed by atoms with Crippen LogP contribution in [-0.4, -0.2) is 17.3 Å². The van der Waals surface area contributed by atoms with Crippen molar-refractivity contribution in [1.29, 1.82) is 0 Å². The van der Waals surface area contributed by atoms with Crippen molar-refractivity contribution in [2.75, 3.05) is 6.54 Å². The summed E-state index contributed by atoms with van der Waals surface area (Å²) in [4.78, 5) is 11.5. The largest absolute Gasteiger partial charge is 0.379 e. The van der Waals surface area contributed by atoms with Gasteiger partial charge in [0.15, 0.2) is 0 Å². The molecule has 0 spiro atoms. The molecule has 0 bridgehead atoms. The molecule has 0 aromatic carbocycles. The maximum absolute atomic E-state index is 10.7. The van der Waals surface area contributed by atoms with E-state index in [-0.39, 0.29) is 11.7 Å². The van der Waals surface area contributed by atoms with Gasteiger partial charge in [-0.25, -0.2) is 0 Å². The zero-order valence-corrected chi connectivity index (χ0v) is 6.12. The molecular weight excluding hydrogens is 134 g/mol. The summed E-state index contributed by atoms with van der Waals surface area (Å²) in [5, 5.41) is 2.96. The highest BCUT2D eigenvalue weighted by molar-refractivity contribution is 7.80. The molecule has 1 N–H and O–H groups in total. The highest BCUT2D eigenvalue weighted by Crippen LogP contribution is 2.10. The fraction of sp³-hybridized carbons (Fsp3) is 0.667. The molecule has 1 fully saturated rings. The molecular formula is C6H9NOS. The Labute approximate surface area is 59.6 Å². The van der Waals surface area contributed by atoms with Gasteiger partial charge in [-0.1, -0.05) is 12.2 Å². The lowest BCUT2D eigenvalue weighted by Gasteiger charge is -1.97. The highest BCUT2D eigenvalue weighted by atomic mass is 32.1. The Bertz CT molecular complexity index is 155. The second-order valence-electron chi connectivity index (χ2n) is 2.32. The van der Waals surface area contributed by atoms with Gasteiger partial charge in [0, 0.05) is 18.9 Å². The average Bonchev–Trinajstić information content (AvgIpc) is 2.14. The number of rotatable bonds is 1. The Morgan fingerprint density at radius 3 is 2.78 bits per heavy atom. The molecule has 0 aromatic heterocycles. The van der Waals surface area contributed by atoms with E-state index in [1.165, 1.54) is 0 Å². The van der Waals surface area contributed by atoms with Gasteiger partial charge in [-0.15, -0.1) is 0 Å². The van der Waals surface area contributed by atoms with E-state index in [9.17, 15) is 4.79 Å². The lowest BCUT2D eigenvalue weighted by Crippen LogP contribution is -2.15. The minimum Gasteiger partial charge on any atom is -0.379 e. The third kappa shape index (κ3) is 1.48. The predicted octanol–water partition coefficient (Wildman–Crippen LogP) is 0.512. The Hall–Kier alpha value is -0.440. The average molecular weight is 143 g/mol. The number of thiocarbonyl (C=S) groups is 1. The molecule has 1 aliphatic rings. The molecule has 1 rings (SSSR count). The number of ketones is 1. The summed E-state index contributed by atoms with van der Waals surface area (Å²) in [6.07, 6.45) is 0.755. The third-order valence-corrected chi connectivity index (χ3v) is 1.86. The maximum Gasteiger partial charge on any atom is 0.135 e. The summed E-state index contributed by atoms with van der Waals surface area (Å²) < 4.78 is 0. The van der Waals surface area contributed by atoms with E-state index in [2.05, 4.69) is 5.32 Å². The summed E-state index contributed by atoms with van der Waals surface area (Å²) >= 11 is 4.85. The fourth-order valence-electron chi connectivity index (χ4n) is 0.893. The summed E-state index contributed by atoms with van der Waals surface area (Å²) in [7, 11) is 0. The highest BCUT2D eigenvalue weighted by Gasteiger charge is 2.21. The van der Waals surface area contributed by atoms with Crippen molar-refractivity contribution in [2.24, 2.45) is 5.92 Å². The first-order valence-corrected chi connectivity index (χ1v) is 3.38. The monoisotopic (exact) mass is 143 g/mol. The molecule has 3 heteroatoms. The fourth-order valence-corrected chi connectivity index (χ4v) is 1.18. The topological polar surface area (TPSA) is 29.1 Å². The van der Waals surface area contributed by atoms with Crippen molar-refractivity contribution in [3.05, 3.63) is 0 Å². The van der Waals surface area contributed by atoms with Gasteiger partial charge < -0.3 is 5.32 Å². The van der Waals surface area contributed by atoms with Crippen LogP contribution in [-0.2, 0) is 4.79 Å². The summed E-state index contributed by atoms with van der Waals surface area (Å²) in [5.41, 5.74) is 0. The molecule has 0 aliphatic carbocycles. The van der Waals surface area contributed by atoms with E-state index in [4.69, 9.17) is 12.2 Å². The minimum atomic E-state index is 0.150. The Balaban J connectivity index is 2.48. The number of Topliss-reactive ketones (excluding diaryl/α,β-unsaturated/α-hetero) is 1. The van der Waals surface area contributed by atoms with Crippen LogP contribution in [0.15, 0.2) is 0 Å². The van der Waals surface area contributed by atoms with Crippen LogP contribution in [0, 0.1) is 5.92 Å². The van der Waals surface area contributed by atoms with Gasteiger partial charge in [-0.2, -0.15) is 0 Å². The first-order chi connectivity index (χ1) is 4.20. The summed E-state index contributed by atoms with van der Waals surface area (Å²) in [6.45, 7) is 2.36. The van der Waals surface area contributed by atoms with Gasteiger partial charge in [0.1, 0.15) is 5.78 Å². The van der Waals surface area contributed by atoms with Crippen molar-refractivity contribution >= 4 is 23.0 Å². The minimum absolute atomic E-state index is 0.150. The second kappa shape index (κ2) is 2.43. The number of nitrogens with one attached hydrogen (secondary N) is 1. The first-order valence-electron chi connectivity index (χ1n) is 2.97. The summed E-state index contributed by atoms with van der Waals surface area (Å²) in [6, 6.07) is 0. The molecule has 0 saturated carbocycles. The van der Waals surface area contributed by atoms with E-state index >= 15 is 0 Å². The van der Waals surface area contributed by atoms with Crippen molar-refractivity contribution in [1.82, 2.24) is 5.32 Å². The molecule has 0 aromatic rings. The molecule has 1 heterocycles. The van der Waals surface area contributed by atoms with Crippen LogP contribution >= 0.6 is 12.2 Å². The van der Waals surface area contributed by atoms with E-state index in [1.807, 2.05) is 0 Å². The van der Waals surface area contributed by atoms with Gasteiger partial charge in [-0.05, 0) is 6.92 Å². The molecule has 0 unspecified atom stereocenters. The number of carbonyl (C=O) groups is 1. The SMILES string of the molecule is CC(=O)[C@H]1CNC(=S)C1. The lowest BCUT2D eigenvalue weighted by atomic mass is 10.1. The zero-order chi connectivity index (χ0) is 6.85. The van der Waals surface area contributed by atoms with Gasteiger partial charge in [0.25, 0.3) is 0 Å². The van der Waals surface area contributed by atoms with Gasteiger partial charge in [0.05, 0.1) is 4.99 Å². The van der Waals surface area contributed by atoms with E-state index in [0.29, 0.717) is 0 Å². The van der Waals surface area contributed by atoms with Crippen LogP contribution in [0.25, 0.3) is 0 Å². The van der Waals surface area contributed by atoms with E-state index in [1.54, 1.807) is 6.92 Å². The lowest BCUT2D eigenvalue weighted by molar-refractivity contribution is -0.120. The van der Waals surface area contributed by atoms with Crippen LogP contribution in [0.2, 0.25) is 0 Å². The maximum atomic E-state index is 10.7. The smallest absolute Gasteiger partial charge is 0.135 e. The molecule has 50 valence electrons. The van der Waals surface area contributed by atoms with Crippen LogP contribution < -0.4 is 5.32 Å². The third-order valence-electron chi connectivity index (χ3n) is 1.55. The van der Waals surface area contributed by atoms with Crippen molar-refractivity contribution < 1.29 is 4.79 Å². The van der Waals surface area contributed by atoms with E-state index < -0.39 is 0 Å². The Morgan fingerprint density at radius 2 is 2.56 bits per heavy atom. The van der Waals surface area contributed by atoms with Crippen molar-refractivity contribution in [3.8, 4) is 0 Å². The Kier molecular flexibility index (Phi) is 1.81. The van der Waals surface area contributed by atoms with E-state index in [0.717, 1.165) is 18.0 Å². The van der Waals surface area contributed by atoms with Crippen LogP contribution in [0.1, 0.15) is 13.3 Å². The molecule has 2 nitrogen and oxygen atoms in total. The molecule has 1 atom stereocenters. The predicted molar refractivity (Wildman–Crippen MR) is 39.4 cm³/mol. The molecule has 1 aliphatic heterocycles. The van der Waals surface area contributed by atoms with Gasteiger partial charge >= 0.3 is 0 Å². The quantitative estimate of drug-likeness (QED) is 0.542. The first kappa shape index (κ1) is 6.68. The zero-order valence-electron chi connectivity index (χ0n) is 5.31. The standard InChI is InChI=1S/C6H9NOS/c1-4(8)5-2-6(9)7-3-5/h5H,2-3H2,1H3,(H,7,9)/t5-/m1/s1. The second-order valence-corrected chi connectivity index (χ2v) is 2.81. The molecule has 1 saturated heterocycles. The Morgan fingerprint density at radius 1 is 1.89 bits per heavy atom. The molecule has 0 radical (unpaired) electrons. The van der Waals surface area contributed by atoms with Gasteiger partial charge in [0.2, 0.25) is 0 Å². The number of hydrogen-bond donors (Lipinski definition) is 1. The summed E-state index contributed by atoms with van der Waals surface area (Å²) in [5.74, 6) is 0.389. The normalized spacial score (nSPS) is 25.9. The van der Waals surface area contributed by atoms with Gasteiger partial charge in [-0.3, -0.25) is 4.79 Å². The van der Waals surface area contributed by atoms with Crippen molar-refractivity contribution in [2.45, 2.75) is 13.3 Å². The molecule has 9 heavy (non-hydrogen) atoms. The molecule has 0 amide bonds. The number of hydrogen-bond acceptors (Lipinski definition) is 2. The van der Waals surface area contributed by atoms with Crippen LogP contribution in [0.4, 0.5) is 0 Å².